The molecule has 0 fully saturated rings. The molecule has 0 aliphatic rings. The van der Waals surface area contributed by atoms with Crippen molar-refractivity contribution in [3.05, 3.63) is 58.1 Å². The number of methoxy groups -OCH3 is 1. The first-order valence-electron chi connectivity index (χ1n) is 7.05. The number of amides is 1. The highest BCUT2D eigenvalue weighted by Gasteiger charge is 2.16. The van der Waals surface area contributed by atoms with Gasteiger partial charge in [0.2, 0.25) is 0 Å². The second-order valence-corrected chi connectivity index (χ2v) is 5.74. The Bertz CT molecular complexity index is 821. The summed E-state index contributed by atoms with van der Waals surface area (Å²) in [5, 5.41) is 11.7. The van der Waals surface area contributed by atoms with Gasteiger partial charge in [0.1, 0.15) is 11.3 Å². The smallest absolute Gasteiger partial charge is 0.339 e. The molecule has 0 heterocycles. The number of rotatable bonds is 6. The number of anilines is 1. The predicted octanol–water partition coefficient (Wildman–Crippen LogP) is 2.95. The van der Waals surface area contributed by atoms with Gasteiger partial charge in [-0.3, -0.25) is 4.79 Å². The van der Waals surface area contributed by atoms with Crippen molar-refractivity contribution in [2.75, 3.05) is 19.0 Å². The van der Waals surface area contributed by atoms with Gasteiger partial charge >= 0.3 is 11.9 Å². The first-order valence-corrected chi connectivity index (χ1v) is 7.84. The van der Waals surface area contributed by atoms with Gasteiger partial charge in [-0.25, -0.2) is 9.59 Å². The summed E-state index contributed by atoms with van der Waals surface area (Å²) in [4.78, 5) is 34.9. The monoisotopic (exact) mass is 407 g/mol. The first kappa shape index (κ1) is 18.5. The molecule has 0 aliphatic heterocycles. The standard InChI is InChI=1S/C17H14BrNO6/c1-24-17(23)11-4-2-3-5-13(11)19-15(20)9-25-14-7-6-10(18)8-12(14)16(21)22/h2-8H,9H2,1H3,(H,19,20)(H,21,22). The number of hydrogen-bond donors (Lipinski definition) is 2. The zero-order valence-corrected chi connectivity index (χ0v) is 14.7. The minimum absolute atomic E-state index is 0.0621. The molecular weight excluding hydrogens is 394 g/mol. The second kappa shape index (κ2) is 8.29. The van der Waals surface area contributed by atoms with Gasteiger partial charge in [-0.15, -0.1) is 0 Å². The number of esters is 1. The van der Waals surface area contributed by atoms with Crippen molar-refractivity contribution in [2.45, 2.75) is 0 Å². The van der Waals surface area contributed by atoms with Crippen LogP contribution in [0.25, 0.3) is 0 Å². The number of hydrogen-bond acceptors (Lipinski definition) is 5. The van der Waals surface area contributed by atoms with Gasteiger partial charge in [-0.05, 0) is 30.3 Å². The van der Waals surface area contributed by atoms with E-state index < -0.39 is 24.5 Å². The number of halogens is 1. The fourth-order valence-corrected chi connectivity index (χ4v) is 2.37. The molecule has 0 unspecified atom stereocenters. The number of carbonyl (C=O) groups is 3. The maximum atomic E-state index is 12.1. The number of benzene rings is 2. The Morgan fingerprint density at radius 1 is 1.12 bits per heavy atom. The number of carbonyl (C=O) groups excluding carboxylic acids is 2. The summed E-state index contributed by atoms with van der Waals surface area (Å²) >= 11 is 3.18. The molecule has 0 aliphatic carbocycles. The Kier molecular flexibility index (Phi) is 6.13. The molecular formula is C17H14BrNO6. The van der Waals surface area contributed by atoms with Crippen LogP contribution in [0.3, 0.4) is 0 Å². The highest BCUT2D eigenvalue weighted by molar-refractivity contribution is 9.10. The third-order valence-electron chi connectivity index (χ3n) is 3.14. The molecule has 0 saturated carbocycles. The van der Waals surface area contributed by atoms with Gasteiger partial charge in [0.15, 0.2) is 6.61 Å². The molecule has 2 aromatic rings. The Morgan fingerprint density at radius 2 is 1.84 bits per heavy atom. The van der Waals surface area contributed by atoms with E-state index in [-0.39, 0.29) is 22.6 Å². The van der Waals surface area contributed by atoms with Gasteiger partial charge in [0.25, 0.3) is 5.91 Å². The Balaban J connectivity index is 2.08. The van der Waals surface area contributed by atoms with E-state index in [9.17, 15) is 14.4 Å². The van der Waals surface area contributed by atoms with Crippen molar-refractivity contribution in [1.82, 2.24) is 0 Å². The zero-order valence-electron chi connectivity index (χ0n) is 13.1. The van der Waals surface area contributed by atoms with Crippen LogP contribution < -0.4 is 10.1 Å². The maximum absolute atomic E-state index is 12.1. The number of carboxylic acid groups (broad SMARTS) is 1. The van der Waals surface area contributed by atoms with E-state index in [4.69, 9.17) is 9.84 Å². The maximum Gasteiger partial charge on any atom is 0.339 e. The van der Waals surface area contributed by atoms with E-state index in [1.165, 1.54) is 25.3 Å². The lowest BCUT2D eigenvalue weighted by Crippen LogP contribution is -2.22. The summed E-state index contributed by atoms with van der Waals surface area (Å²) in [7, 11) is 1.24. The molecule has 1 amide bonds. The van der Waals surface area contributed by atoms with Crippen molar-refractivity contribution < 1.29 is 29.0 Å². The van der Waals surface area contributed by atoms with Gasteiger partial charge in [0, 0.05) is 4.47 Å². The lowest BCUT2D eigenvalue weighted by Gasteiger charge is -2.11. The minimum atomic E-state index is -1.17. The molecule has 0 atom stereocenters. The number of para-hydroxylation sites is 1. The SMILES string of the molecule is COC(=O)c1ccccc1NC(=O)COc1ccc(Br)cc1C(=O)O. The van der Waals surface area contributed by atoms with Gasteiger partial charge in [0.05, 0.1) is 18.4 Å². The van der Waals surface area contributed by atoms with Gasteiger partial charge in [-0.2, -0.15) is 0 Å². The lowest BCUT2D eigenvalue weighted by molar-refractivity contribution is -0.118. The summed E-state index contributed by atoms with van der Waals surface area (Å²) in [6.45, 7) is -0.419. The molecule has 2 aromatic carbocycles. The number of ether oxygens (including phenoxy) is 2. The third-order valence-corrected chi connectivity index (χ3v) is 3.63. The van der Waals surface area contributed by atoms with Crippen LogP contribution in [0.1, 0.15) is 20.7 Å². The summed E-state index contributed by atoms with van der Waals surface area (Å²) in [6.07, 6.45) is 0. The van der Waals surface area contributed by atoms with Crippen molar-refractivity contribution in [1.29, 1.82) is 0 Å². The minimum Gasteiger partial charge on any atom is -0.483 e. The molecule has 2 rings (SSSR count). The van der Waals surface area contributed by atoms with Crippen LogP contribution >= 0.6 is 15.9 Å². The van der Waals surface area contributed by atoms with Crippen molar-refractivity contribution in [3.63, 3.8) is 0 Å². The molecule has 25 heavy (non-hydrogen) atoms. The number of aromatic carboxylic acids is 1. The number of carboxylic acids is 1. The average Bonchev–Trinajstić information content (AvgIpc) is 2.60. The van der Waals surface area contributed by atoms with E-state index in [1.807, 2.05) is 0 Å². The van der Waals surface area contributed by atoms with Crippen LogP contribution in [-0.2, 0) is 9.53 Å². The molecule has 0 aromatic heterocycles. The van der Waals surface area contributed by atoms with Crippen molar-refractivity contribution in [3.8, 4) is 5.75 Å². The summed E-state index contributed by atoms with van der Waals surface area (Å²) < 4.78 is 10.5. The molecule has 7 nitrogen and oxygen atoms in total. The molecule has 130 valence electrons. The van der Waals surface area contributed by atoms with Crippen LogP contribution in [0.4, 0.5) is 5.69 Å². The van der Waals surface area contributed by atoms with E-state index >= 15 is 0 Å². The summed E-state index contributed by atoms with van der Waals surface area (Å²) in [5.74, 6) is -2.24. The van der Waals surface area contributed by atoms with Gasteiger partial charge in [-0.1, -0.05) is 28.1 Å². The van der Waals surface area contributed by atoms with Crippen LogP contribution in [-0.4, -0.2) is 36.7 Å². The third kappa shape index (κ3) is 4.80. The molecule has 0 radical (unpaired) electrons. The molecule has 0 saturated heterocycles. The van der Waals surface area contributed by atoms with E-state index in [2.05, 4.69) is 26.0 Å². The molecule has 8 heteroatoms. The molecule has 0 spiro atoms. The van der Waals surface area contributed by atoms with Crippen LogP contribution in [0, 0.1) is 0 Å². The van der Waals surface area contributed by atoms with Crippen LogP contribution in [0.2, 0.25) is 0 Å². The van der Waals surface area contributed by atoms with E-state index in [1.54, 1.807) is 24.3 Å². The average molecular weight is 408 g/mol. The molecule has 0 bridgehead atoms. The van der Waals surface area contributed by atoms with Crippen LogP contribution in [0.5, 0.6) is 5.75 Å². The summed E-state index contributed by atoms with van der Waals surface area (Å²) in [5.41, 5.74) is 0.405. The van der Waals surface area contributed by atoms with E-state index in [0.717, 1.165) is 0 Å². The predicted molar refractivity (Wildman–Crippen MR) is 93.0 cm³/mol. The van der Waals surface area contributed by atoms with Crippen molar-refractivity contribution in [2.24, 2.45) is 0 Å². The number of nitrogens with one attached hydrogen (secondary N) is 1. The van der Waals surface area contributed by atoms with Crippen LogP contribution in [0.15, 0.2) is 46.9 Å². The Hall–Kier alpha value is -2.87. The molecule has 2 N–H and O–H groups in total. The second-order valence-electron chi connectivity index (χ2n) is 4.82. The summed E-state index contributed by atoms with van der Waals surface area (Å²) in [6, 6.07) is 10.8. The quantitative estimate of drug-likeness (QED) is 0.713. The fourth-order valence-electron chi connectivity index (χ4n) is 2.00. The largest absolute Gasteiger partial charge is 0.483 e. The highest BCUT2D eigenvalue weighted by Crippen LogP contribution is 2.23. The topological polar surface area (TPSA) is 102 Å². The Labute approximate surface area is 151 Å². The lowest BCUT2D eigenvalue weighted by atomic mass is 10.2. The zero-order chi connectivity index (χ0) is 18.4. The fraction of sp³-hybridized carbons (Fsp3) is 0.118. The van der Waals surface area contributed by atoms with E-state index in [0.29, 0.717) is 4.47 Å². The first-order chi connectivity index (χ1) is 11.9. The Morgan fingerprint density at radius 3 is 2.52 bits per heavy atom. The highest BCUT2D eigenvalue weighted by atomic mass is 79.9. The van der Waals surface area contributed by atoms with Crippen molar-refractivity contribution >= 4 is 39.5 Å². The normalized spacial score (nSPS) is 10.0. The van der Waals surface area contributed by atoms with Gasteiger partial charge < -0.3 is 19.9 Å².